The van der Waals surface area contributed by atoms with Crippen LogP contribution < -0.4 is 11.3 Å². The minimum absolute atomic E-state index is 0.0404. The Morgan fingerprint density at radius 1 is 1.47 bits per heavy atom. The van der Waals surface area contributed by atoms with Crippen LogP contribution in [0, 0.1) is 6.92 Å². The Morgan fingerprint density at radius 3 is 2.82 bits per heavy atom. The van der Waals surface area contributed by atoms with Crippen LogP contribution in [0.4, 0.5) is 0 Å². The summed E-state index contributed by atoms with van der Waals surface area (Å²) in [5.74, 6) is 5.62. The van der Waals surface area contributed by atoms with Gasteiger partial charge in [-0.2, -0.15) is 5.10 Å². The lowest BCUT2D eigenvalue weighted by atomic mass is 10.0. The van der Waals surface area contributed by atoms with E-state index in [-0.39, 0.29) is 6.04 Å². The second-order valence-corrected chi connectivity index (χ2v) is 4.09. The standard InChI is InChI=1S/C12H17N5/c1-9-11(8-17(2)16-9)12(15-13)7-10-5-3-4-6-14-10/h3-6,8,12,15H,7,13H2,1-2H3. The van der Waals surface area contributed by atoms with Gasteiger partial charge < -0.3 is 0 Å². The van der Waals surface area contributed by atoms with Crippen LogP contribution in [0.25, 0.3) is 0 Å². The van der Waals surface area contributed by atoms with Crippen molar-refractivity contribution in [2.24, 2.45) is 12.9 Å². The zero-order valence-corrected chi connectivity index (χ0v) is 10.1. The average molecular weight is 231 g/mol. The molecule has 17 heavy (non-hydrogen) atoms. The van der Waals surface area contributed by atoms with Gasteiger partial charge in [-0.15, -0.1) is 0 Å². The lowest BCUT2D eigenvalue weighted by Crippen LogP contribution is -2.30. The third-order valence-electron chi connectivity index (χ3n) is 2.77. The van der Waals surface area contributed by atoms with Crippen LogP contribution in [0.2, 0.25) is 0 Å². The summed E-state index contributed by atoms with van der Waals surface area (Å²) < 4.78 is 1.80. The number of nitrogens with two attached hydrogens (primary N) is 1. The van der Waals surface area contributed by atoms with Gasteiger partial charge in [0.15, 0.2) is 0 Å². The van der Waals surface area contributed by atoms with Crippen LogP contribution in [0.1, 0.15) is 23.0 Å². The van der Waals surface area contributed by atoms with Crippen LogP contribution >= 0.6 is 0 Å². The molecule has 0 saturated carbocycles. The maximum absolute atomic E-state index is 5.62. The molecular weight excluding hydrogens is 214 g/mol. The van der Waals surface area contributed by atoms with Crippen LogP contribution in [0.5, 0.6) is 0 Å². The van der Waals surface area contributed by atoms with Crippen molar-refractivity contribution in [3.8, 4) is 0 Å². The van der Waals surface area contributed by atoms with Gasteiger partial charge >= 0.3 is 0 Å². The molecule has 2 heterocycles. The number of hydrazine groups is 1. The van der Waals surface area contributed by atoms with E-state index in [1.54, 1.807) is 10.9 Å². The van der Waals surface area contributed by atoms with Crippen LogP contribution in [-0.4, -0.2) is 14.8 Å². The first-order valence-corrected chi connectivity index (χ1v) is 5.57. The number of nitrogens with zero attached hydrogens (tertiary/aromatic N) is 3. The summed E-state index contributed by atoms with van der Waals surface area (Å²) in [6.07, 6.45) is 4.53. The molecule has 2 rings (SSSR count). The molecule has 0 aliphatic carbocycles. The predicted molar refractivity (Wildman–Crippen MR) is 66.0 cm³/mol. The molecule has 0 radical (unpaired) electrons. The molecule has 2 aromatic rings. The Bertz CT molecular complexity index is 477. The van der Waals surface area contributed by atoms with Crippen LogP contribution in [0.15, 0.2) is 30.6 Å². The fourth-order valence-electron chi connectivity index (χ4n) is 1.95. The van der Waals surface area contributed by atoms with E-state index < -0.39 is 0 Å². The van der Waals surface area contributed by atoms with Crippen LogP contribution in [-0.2, 0) is 13.5 Å². The van der Waals surface area contributed by atoms with E-state index in [0.29, 0.717) is 0 Å². The lowest BCUT2D eigenvalue weighted by Gasteiger charge is -2.14. The molecule has 5 heteroatoms. The first-order chi connectivity index (χ1) is 8.20. The molecule has 0 aliphatic heterocycles. The molecule has 0 spiro atoms. The minimum atomic E-state index is 0.0404. The van der Waals surface area contributed by atoms with E-state index in [9.17, 15) is 0 Å². The molecule has 5 nitrogen and oxygen atoms in total. The van der Waals surface area contributed by atoms with Crippen molar-refractivity contribution >= 4 is 0 Å². The highest BCUT2D eigenvalue weighted by atomic mass is 15.3. The lowest BCUT2D eigenvalue weighted by molar-refractivity contribution is 0.543. The zero-order chi connectivity index (χ0) is 12.3. The summed E-state index contributed by atoms with van der Waals surface area (Å²) in [6.45, 7) is 1.98. The summed E-state index contributed by atoms with van der Waals surface area (Å²) >= 11 is 0. The summed E-state index contributed by atoms with van der Waals surface area (Å²) in [5, 5.41) is 4.32. The number of hydrogen-bond donors (Lipinski definition) is 2. The normalized spacial score (nSPS) is 12.6. The SMILES string of the molecule is Cc1nn(C)cc1C(Cc1ccccn1)NN. The highest BCUT2D eigenvalue weighted by molar-refractivity contribution is 5.22. The van der Waals surface area contributed by atoms with Gasteiger partial charge in [-0.3, -0.25) is 20.9 Å². The third-order valence-corrected chi connectivity index (χ3v) is 2.77. The minimum Gasteiger partial charge on any atom is -0.275 e. The van der Waals surface area contributed by atoms with E-state index in [0.717, 1.165) is 23.4 Å². The van der Waals surface area contributed by atoms with Crippen molar-refractivity contribution in [3.63, 3.8) is 0 Å². The first-order valence-electron chi connectivity index (χ1n) is 5.57. The molecule has 0 aliphatic rings. The van der Waals surface area contributed by atoms with Gasteiger partial charge in [0, 0.05) is 37.1 Å². The van der Waals surface area contributed by atoms with E-state index in [1.807, 2.05) is 38.4 Å². The fraction of sp³-hybridized carbons (Fsp3) is 0.333. The zero-order valence-electron chi connectivity index (χ0n) is 10.1. The number of pyridine rings is 1. The summed E-state index contributed by atoms with van der Waals surface area (Å²) in [5.41, 5.74) is 5.94. The highest BCUT2D eigenvalue weighted by Crippen LogP contribution is 2.19. The molecule has 3 N–H and O–H groups in total. The number of aromatic nitrogens is 3. The Balaban J connectivity index is 2.20. The molecule has 0 amide bonds. The van der Waals surface area contributed by atoms with E-state index in [2.05, 4.69) is 15.5 Å². The average Bonchev–Trinajstić information content (AvgIpc) is 2.67. The molecule has 2 aromatic heterocycles. The third kappa shape index (κ3) is 2.69. The number of nitrogens with one attached hydrogen (secondary N) is 1. The topological polar surface area (TPSA) is 68.8 Å². The highest BCUT2D eigenvalue weighted by Gasteiger charge is 2.16. The van der Waals surface area contributed by atoms with Gasteiger partial charge in [0.25, 0.3) is 0 Å². The molecular formula is C12H17N5. The maximum Gasteiger partial charge on any atom is 0.0642 e. The Hall–Kier alpha value is -1.72. The Kier molecular flexibility index (Phi) is 3.51. The monoisotopic (exact) mass is 231 g/mol. The second kappa shape index (κ2) is 5.07. The molecule has 0 saturated heterocycles. The van der Waals surface area contributed by atoms with Gasteiger partial charge in [-0.25, -0.2) is 0 Å². The molecule has 1 unspecified atom stereocenters. The summed E-state index contributed by atoms with van der Waals surface area (Å²) in [7, 11) is 1.91. The van der Waals surface area contributed by atoms with Crippen molar-refractivity contribution in [3.05, 3.63) is 47.5 Å². The number of aryl methyl sites for hydroxylation is 2. The second-order valence-electron chi connectivity index (χ2n) is 4.09. The van der Waals surface area contributed by atoms with Gasteiger partial charge in [0.2, 0.25) is 0 Å². The first kappa shape index (κ1) is 11.8. The molecule has 0 bridgehead atoms. The quantitative estimate of drug-likeness (QED) is 0.605. The van der Waals surface area contributed by atoms with Crippen molar-refractivity contribution in [2.75, 3.05) is 0 Å². The van der Waals surface area contributed by atoms with E-state index in [1.165, 1.54) is 0 Å². The van der Waals surface area contributed by atoms with Crippen molar-refractivity contribution in [1.82, 2.24) is 20.2 Å². The molecule has 0 aromatic carbocycles. The van der Waals surface area contributed by atoms with Crippen molar-refractivity contribution in [1.29, 1.82) is 0 Å². The van der Waals surface area contributed by atoms with Crippen molar-refractivity contribution in [2.45, 2.75) is 19.4 Å². The van der Waals surface area contributed by atoms with Gasteiger partial charge in [0.1, 0.15) is 0 Å². The van der Waals surface area contributed by atoms with Gasteiger partial charge in [-0.05, 0) is 19.1 Å². The smallest absolute Gasteiger partial charge is 0.0642 e. The summed E-state index contributed by atoms with van der Waals surface area (Å²) in [6, 6.07) is 5.92. The largest absolute Gasteiger partial charge is 0.275 e. The fourth-order valence-corrected chi connectivity index (χ4v) is 1.95. The Labute approximate surface area is 101 Å². The summed E-state index contributed by atoms with van der Waals surface area (Å²) in [4.78, 5) is 4.31. The Morgan fingerprint density at radius 2 is 2.29 bits per heavy atom. The maximum atomic E-state index is 5.62. The molecule has 90 valence electrons. The number of hydrogen-bond acceptors (Lipinski definition) is 4. The van der Waals surface area contributed by atoms with E-state index in [4.69, 9.17) is 5.84 Å². The predicted octanol–water partition coefficient (Wildman–Crippen LogP) is 0.871. The van der Waals surface area contributed by atoms with E-state index >= 15 is 0 Å². The van der Waals surface area contributed by atoms with Crippen molar-refractivity contribution < 1.29 is 0 Å². The van der Waals surface area contributed by atoms with Crippen LogP contribution in [0.3, 0.4) is 0 Å². The number of rotatable bonds is 4. The van der Waals surface area contributed by atoms with Gasteiger partial charge in [0.05, 0.1) is 11.7 Å². The molecule has 1 atom stereocenters. The van der Waals surface area contributed by atoms with Gasteiger partial charge in [-0.1, -0.05) is 6.07 Å². The molecule has 0 fully saturated rings.